The van der Waals surface area contributed by atoms with Gasteiger partial charge in [-0.15, -0.1) is 0 Å². The van der Waals surface area contributed by atoms with Crippen LogP contribution in [0.1, 0.15) is 102 Å². The number of nitrogens with one attached hydrogen (secondary N) is 3. The lowest BCUT2D eigenvalue weighted by molar-refractivity contribution is -0.198. The van der Waals surface area contributed by atoms with Gasteiger partial charge in [-0.25, -0.2) is 34.1 Å². The number of amides is 3. The molecule has 2 aliphatic heterocycles. The van der Waals surface area contributed by atoms with Gasteiger partial charge < -0.3 is 49.1 Å². The van der Waals surface area contributed by atoms with Gasteiger partial charge in [-0.2, -0.15) is 0 Å². The maximum absolute atomic E-state index is 12.6. The molecule has 4 N–H and O–H groups in total. The number of anilines is 1. The van der Waals surface area contributed by atoms with Gasteiger partial charge in [-0.05, 0) is 101 Å². The monoisotopic (exact) mass is 790 g/mol. The van der Waals surface area contributed by atoms with E-state index >= 15 is 0 Å². The number of carbonyl (C=O) groups excluding carboxylic acids is 3. The topological polar surface area (TPSA) is 227 Å². The van der Waals surface area contributed by atoms with E-state index in [1.54, 1.807) is 73.2 Å². The van der Waals surface area contributed by atoms with Crippen molar-refractivity contribution < 1.29 is 52.7 Å². The van der Waals surface area contributed by atoms with Crippen LogP contribution in [0.2, 0.25) is 0 Å². The Hall–Kier alpha value is -4.33. The van der Waals surface area contributed by atoms with Gasteiger partial charge in [0.2, 0.25) is 0 Å². The van der Waals surface area contributed by atoms with Gasteiger partial charge in [0.25, 0.3) is 0 Å². The Morgan fingerprint density at radius 3 is 2.12 bits per heavy atom. The zero-order valence-corrected chi connectivity index (χ0v) is 34.2. The number of hydrogen-bond acceptors (Lipinski definition) is 14. The fraction of sp³-hybridized carbons (Fsp3) is 0.757. The van der Waals surface area contributed by atoms with E-state index in [9.17, 15) is 24.3 Å². The zero-order chi connectivity index (χ0) is 41.4. The molecular weight excluding hydrogens is 732 g/mol. The average Bonchev–Trinajstić information content (AvgIpc) is 3.66. The van der Waals surface area contributed by atoms with E-state index in [2.05, 4.69) is 35.8 Å². The number of rotatable bonds is 12. The molecule has 2 saturated heterocycles. The van der Waals surface area contributed by atoms with Gasteiger partial charge in [0.05, 0.1) is 6.33 Å². The minimum absolute atomic E-state index is 0.0626. The minimum Gasteiger partial charge on any atom is -0.480 e. The van der Waals surface area contributed by atoms with E-state index in [1.165, 1.54) is 6.33 Å². The summed E-state index contributed by atoms with van der Waals surface area (Å²) < 4.78 is 37.4. The summed E-state index contributed by atoms with van der Waals surface area (Å²) in [5, 5.41) is 18.1. The van der Waals surface area contributed by atoms with E-state index in [-0.39, 0.29) is 30.7 Å². The molecule has 3 fully saturated rings. The third-order valence-electron chi connectivity index (χ3n) is 9.01. The number of fused-ring (bicyclic) bond motifs is 2. The normalized spacial score (nSPS) is 25.2. The van der Waals surface area contributed by atoms with Crippen LogP contribution in [0.3, 0.4) is 0 Å². The molecule has 0 spiro atoms. The Morgan fingerprint density at radius 2 is 1.50 bits per heavy atom. The van der Waals surface area contributed by atoms with Gasteiger partial charge in [-0.1, -0.05) is 0 Å². The molecule has 0 bridgehead atoms. The molecule has 3 aliphatic rings. The van der Waals surface area contributed by atoms with Crippen LogP contribution in [0.25, 0.3) is 11.2 Å². The highest BCUT2D eigenvalue weighted by Crippen LogP contribution is 2.44. The van der Waals surface area contributed by atoms with Crippen LogP contribution < -0.4 is 16.0 Å². The molecule has 0 unspecified atom stereocenters. The number of aliphatic carboxylic acids is 1. The number of alkyl carbamates (subject to hydrolysis) is 2. The van der Waals surface area contributed by atoms with E-state index in [1.807, 2.05) is 13.8 Å². The molecule has 0 radical (unpaired) electrons. The second-order valence-corrected chi connectivity index (χ2v) is 18.1. The summed E-state index contributed by atoms with van der Waals surface area (Å²) >= 11 is 0. The highest BCUT2D eigenvalue weighted by molar-refractivity contribution is 5.93. The zero-order valence-electron chi connectivity index (χ0n) is 34.2. The Balaban J connectivity index is 1.34. The van der Waals surface area contributed by atoms with Crippen LogP contribution in [0, 0.1) is 5.92 Å². The molecular formula is C37H58N8O11. The van der Waals surface area contributed by atoms with Crippen molar-refractivity contribution in [2.24, 2.45) is 5.92 Å². The van der Waals surface area contributed by atoms with Crippen LogP contribution >= 0.6 is 0 Å². The Labute approximate surface area is 326 Å². The van der Waals surface area contributed by atoms with Crippen LogP contribution in [0.5, 0.6) is 0 Å². The molecule has 5 atom stereocenters. The molecule has 19 heteroatoms. The highest BCUT2D eigenvalue weighted by atomic mass is 16.8. The van der Waals surface area contributed by atoms with Crippen molar-refractivity contribution in [3.63, 3.8) is 0 Å². The number of ether oxygens (including phenoxy) is 6. The maximum Gasteiger partial charge on any atom is 0.413 e. The van der Waals surface area contributed by atoms with Gasteiger partial charge in [0.15, 0.2) is 29.0 Å². The summed E-state index contributed by atoms with van der Waals surface area (Å²) in [4.78, 5) is 65.1. The van der Waals surface area contributed by atoms with Crippen LogP contribution in [-0.4, -0.2) is 126 Å². The second kappa shape index (κ2) is 16.3. The van der Waals surface area contributed by atoms with Gasteiger partial charge >= 0.3 is 24.2 Å². The number of carbonyl (C=O) groups is 4. The average molecular weight is 791 g/mol. The lowest BCUT2D eigenvalue weighted by Crippen LogP contribution is -2.51. The van der Waals surface area contributed by atoms with Crippen LogP contribution in [0.4, 0.5) is 20.2 Å². The van der Waals surface area contributed by atoms with Crippen molar-refractivity contribution in [2.75, 3.05) is 25.0 Å². The van der Waals surface area contributed by atoms with E-state index in [0.29, 0.717) is 37.1 Å². The molecule has 2 aromatic heterocycles. The molecule has 56 heavy (non-hydrogen) atoms. The summed E-state index contributed by atoms with van der Waals surface area (Å²) in [5.41, 5.74) is -1.45. The number of aromatic nitrogens is 4. The fourth-order valence-electron chi connectivity index (χ4n) is 6.93. The predicted octanol–water partition coefficient (Wildman–Crippen LogP) is 4.56. The molecule has 4 heterocycles. The van der Waals surface area contributed by atoms with Crippen molar-refractivity contribution in [3.05, 3.63) is 12.7 Å². The van der Waals surface area contributed by atoms with Crippen molar-refractivity contribution in [2.45, 2.75) is 155 Å². The van der Waals surface area contributed by atoms with E-state index in [4.69, 9.17) is 28.4 Å². The number of carboxylic acids is 1. The lowest BCUT2D eigenvalue weighted by Gasteiger charge is -2.40. The number of hydrogen-bond donors (Lipinski definition) is 4. The van der Waals surface area contributed by atoms with Crippen molar-refractivity contribution in [1.29, 1.82) is 0 Å². The second-order valence-electron chi connectivity index (χ2n) is 18.1. The van der Waals surface area contributed by atoms with E-state index in [0.717, 1.165) is 0 Å². The van der Waals surface area contributed by atoms with Crippen molar-refractivity contribution >= 4 is 41.2 Å². The minimum atomic E-state index is -1.22. The summed E-state index contributed by atoms with van der Waals surface area (Å²) in [6.07, 6.45) is -0.0828. The third-order valence-corrected chi connectivity index (χ3v) is 9.01. The molecule has 0 aromatic carbocycles. The first kappa shape index (κ1) is 42.8. The molecule has 3 amide bonds. The summed E-state index contributed by atoms with van der Waals surface area (Å²) in [7, 11) is 0. The Kier molecular flexibility index (Phi) is 12.4. The summed E-state index contributed by atoms with van der Waals surface area (Å²) in [6, 6.07) is -1.28. The predicted molar refractivity (Wildman–Crippen MR) is 201 cm³/mol. The summed E-state index contributed by atoms with van der Waals surface area (Å²) in [6.45, 7) is 20.6. The van der Waals surface area contributed by atoms with Crippen molar-refractivity contribution in [3.8, 4) is 0 Å². The molecule has 1 saturated carbocycles. The number of imidazole rings is 1. The first-order valence-corrected chi connectivity index (χ1v) is 19.0. The van der Waals surface area contributed by atoms with Gasteiger partial charge in [0, 0.05) is 25.7 Å². The highest BCUT2D eigenvalue weighted by Gasteiger charge is 2.56. The molecule has 1 aliphatic carbocycles. The quantitative estimate of drug-likeness (QED) is 0.216. The molecule has 19 nitrogen and oxygen atoms in total. The van der Waals surface area contributed by atoms with Crippen LogP contribution in [-0.2, 0) is 33.2 Å². The largest absolute Gasteiger partial charge is 0.480 e. The third kappa shape index (κ3) is 11.6. The fourth-order valence-corrected chi connectivity index (χ4v) is 6.93. The molecule has 312 valence electrons. The first-order valence-electron chi connectivity index (χ1n) is 19.0. The summed E-state index contributed by atoms with van der Waals surface area (Å²) in [5.74, 6) is -1.80. The Bertz CT molecular complexity index is 1740. The number of nitrogens with zero attached hydrogens (tertiary/aromatic N) is 5. The smallest absolute Gasteiger partial charge is 0.413 e. The van der Waals surface area contributed by atoms with Gasteiger partial charge in [-0.3, -0.25) is 9.88 Å². The molecule has 5 rings (SSSR count). The molecule has 2 aromatic rings. The SMILES string of the molecule is CC(C)(C)OC(=O)Nc1ncnc2c1ncn2[C@@H]1O[C@H](CN(CC[C@H](NC(=O)OC(C)(C)C)C(=O)O)CC2CC(NC(=O)OC(C)(C)C)C2)[C@H]2OC(C)(C)O[C@H]21. The van der Waals surface area contributed by atoms with Crippen LogP contribution in [0.15, 0.2) is 12.7 Å². The first-order chi connectivity index (χ1) is 25.8. The number of carboxylic acid groups (broad SMARTS) is 1. The maximum atomic E-state index is 12.6. The van der Waals surface area contributed by atoms with E-state index < -0.39 is 77.4 Å². The van der Waals surface area contributed by atoms with Crippen molar-refractivity contribution in [1.82, 2.24) is 35.1 Å². The Morgan fingerprint density at radius 1 is 0.893 bits per heavy atom. The lowest BCUT2D eigenvalue weighted by atomic mass is 9.80. The van der Waals surface area contributed by atoms with Gasteiger partial charge in [0.1, 0.15) is 47.5 Å². The standard InChI is InChI=1S/C37H58N8O11/c1-34(2,3)54-31(48)41-21-14-20(15-21)16-44(13-12-22(30(46)47)42-32(49)55-35(4,5)6)17-23-25-26(53-37(10,11)52-25)29(51-23)45-19-40-24-27(38-18-39-28(24)45)43-33(50)56-36(7,8)9/h18-23,25-26,29H,12-17H2,1-11H3,(H,41,48)(H,42,49)(H,46,47)(H,38,39,43,50)/t20?,21?,22-,23+,25+,26+,29+/m0/s1.